The first-order chi connectivity index (χ1) is 5.45. The van der Waals surface area contributed by atoms with Crippen LogP contribution in [0.4, 0.5) is 0 Å². The standard InChI is InChI=1S/C7H13N3O2/c1-7(10)3-2(6(11)12-7)4(8)5(3)9/h2-5H,8-10H2,1H3. The zero-order valence-electron chi connectivity index (χ0n) is 6.86. The molecule has 1 saturated heterocycles. The fourth-order valence-electron chi connectivity index (χ4n) is 2.21. The van der Waals surface area contributed by atoms with E-state index in [1.165, 1.54) is 0 Å². The molecule has 2 fully saturated rings. The number of hydrogen-bond donors (Lipinski definition) is 3. The summed E-state index contributed by atoms with van der Waals surface area (Å²) < 4.78 is 4.96. The van der Waals surface area contributed by atoms with Gasteiger partial charge in [-0.3, -0.25) is 10.5 Å². The highest BCUT2D eigenvalue weighted by atomic mass is 16.6. The van der Waals surface area contributed by atoms with Crippen molar-refractivity contribution in [3.8, 4) is 0 Å². The summed E-state index contributed by atoms with van der Waals surface area (Å²) in [5.41, 5.74) is 16.2. The maximum absolute atomic E-state index is 11.2. The molecule has 1 aliphatic heterocycles. The molecule has 5 nitrogen and oxygen atoms in total. The highest BCUT2D eigenvalue weighted by molar-refractivity contribution is 5.79. The maximum atomic E-state index is 11.2. The Bertz CT molecular complexity index is 241. The molecule has 68 valence electrons. The molecule has 0 bridgehead atoms. The molecular formula is C7H13N3O2. The second-order valence-corrected chi connectivity index (χ2v) is 3.81. The van der Waals surface area contributed by atoms with Crippen molar-refractivity contribution in [3.63, 3.8) is 0 Å². The largest absolute Gasteiger partial charge is 0.444 e. The molecule has 6 N–H and O–H groups in total. The minimum absolute atomic E-state index is 0.111. The van der Waals surface area contributed by atoms with Gasteiger partial charge in [-0.15, -0.1) is 0 Å². The van der Waals surface area contributed by atoms with Crippen LogP contribution in [-0.2, 0) is 9.53 Å². The van der Waals surface area contributed by atoms with E-state index < -0.39 is 5.72 Å². The Morgan fingerprint density at radius 1 is 1.42 bits per heavy atom. The first-order valence-electron chi connectivity index (χ1n) is 3.98. The molecule has 2 rings (SSSR count). The van der Waals surface area contributed by atoms with Crippen LogP contribution in [0.25, 0.3) is 0 Å². The predicted octanol–water partition coefficient (Wildman–Crippen LogP) is -1.88. The number of nitrogens with two attached hydrogens (primary N) is 3. The summed E-state index contributed by atoms with van der Waals surface area (Å²) >= 11 is 0. The number of cyclic esters (lactones) is 1. The van der Waals surface area contributed by atoms with Gasteiger partial charge in [0.25, 0.3) is 0 Å². The number of hydrogen-bond acceptors (Lipinski definition) is 5. The SMILES string of the molecule is CC1(N)OC(=O)C2C(N)C(N)C21. The van der Waals surface area contributed by atoms with Gasteiger partial charge in [-0.2, -0.15) is 0 Å². The first kappa shape index (κ1) is 7.97. The number of esters is 1. The van der Waals surface area contributed by atoms with Crippen molar-refractivity contribution < 1.29 is 9.53 Å². The van der Waals surface area contributed by atoms with Crippen LogP contribution in [0, 0.1) is 11.8 Å². The summed E-state index contributed by atoms with van der Waals surface area (Å²) in [4.78, 5) is 11.2. The number of carbonyl (C=O) groups is 1. The average Bonchev–Trinajstić information content (AvgIpc) is 2.16. The van der Waals surface area contributed by atoms with Crippen molar-refractivity contribution in [2.24, 2.45) is 29.0 Å². The molecule has 2 aliphatic rings. The van der Waals surface area contributed by atoms with E-state index >= 15 is 0 Å². The molecule has 12 heavy (non-hydrogen) atoms. The van der Waals surface area contributed by atoms with Crippen molar-refractivity contribution in [1.29, 1.82) is 0 Å². The topological polar surface area (TPSA) is 104 Å². The van der Waals surface area contributed by atoms with Crippen LogP contribution < -0.4 is 17.2 Å². The molecule has 1 saturated carbocycles. The molecule has 0 radical (unpaired) electrons. The molecule has 1 aliphatic carbocycles. The van der Waals surface area contributed by atoms with E-state index in [1.807, 2.05) is 0 Å². The van der Waals surface area contributed by atoms with Gasteiger partial charge in [0.1, 0.15) is 0 Å². The lowest BCUT2D eigenvalue weighted by Crippen LogP contribution is -2.69. The minimum atomic E-state index is -0.920. The van der Waals surface area contributed by atoms with E-state index in [2.05, 4.69) is 0 Å². The highest BCUT2D eigenvalue weighted by Gasteiger charge is 2.64. The summed E-state index contributed by atoms with van der Waals surface area (Å²) in [6, 6.07) is -0.496. The van der Waals surface area contributed by atoms with Crippen molar-refractivity contribution in [3.05, 3.63) is 0 Å². The predicted molar refractivity (Wildman–Crippen MR) is 41.6 cm³/mol. The second kappa shape index (κ2) is 1.99. The fraction of sp³-hybridized carbons (Fsp3) is 0.857. The van der Waals surface area contributed by atoms with Crippen molar-refractivity contribution in [2.45, 2.75) is 24.7 Å². The first-order valence-corrected chi connectivity index (χ1v) is 3.98. The summed E-state index contributed by atoms with van der Waals surface area (Å²) in [5, 5.41) is 0. The van der Waals surface area contributed by atoms with Gasteiger partial charge in [-0.1, -0.05) is 0 Å². The molecule has 1 heterocycles. The summed E-state index contributed by atoms with van der Waals surface area (Å²) in [7, 11) is 0. The average molecular weight is 171 g/mol. The summed E-state index contributed by atoms with van der Waals surface area (Å²) in [6.07, 6.45) is 0. The molecule has 5 heteroatoms. The highest BCUT2D eigenvalue weighted by Crippen LogP contribution is 2.46. The monoisotopic (exact) mass is 171 g/mol. The normalized spacial score (nSPS) is 57.5. The summed E-state index contributed by atoms with van der Waals surface area (Å²) in [6.45, 7) is 1.67. The van der Waals surface area contributed by atoms with Gasteiger partial charge >= 0.3 is 5.97 Å². The summed E-state index contributed by atoms with van der Waals surface area (Å²) in [5.74, 6) is -0.700. The molecule has 5 atom stereocenters. The van der Waals surface area contributed by atoms with Crippen LogP contribution in [0.2, 0.25) is 0 Å². The van der Waals surface area contributed by atoms with Crippen LogP contribution in [0.15, 0.2) is 0 Å². The van der Waals surface area contributed by atoms with Crippen LogP contribution in [-0.4, -0.2) is 23.8 Å². The van der Waals surface area contributed by atoms with Gasteiger partial charge < -0.3 is 16.2 Å². The molecule has 0 aromatic heterocycles. The lowest BCUT2D eigenvalue weighted by atomic mass is 9.63. The second-order valence-electron chi connectivity index (χ2n) is 3.81. The van der Waals surface area contributed by atoms with E-state index in [4.69, 9.17) is 21.9 Å². The molecule has 0 aromatic carbocycles. The maximum Gasteiger partial charge on any atom is 0.312 e. The van der Waals surface area contributed by atoms with E-state index in [-0.39, 0.29) is 29.9 Å². The van der Waals surface area contributed by atoms with E-state index in [9.17, 15) is 4.79 Å². The van der Waals surface area contributed by atoms with Gasteiger partial charge in [-0.25, -0.2) is 0 Å². The quantitative estimate of drug-likeness (QED) is 0.370. The Morgan fingerprint density at radius 2 is 2.00 bits per heavy atom. The zero-order chi connectivity index (χ0) is 9.09. The third kappa shape index (κ3) is 0.708. The molecule has 0 spiro atoms. The number of ether oxygens (including phenoxy) is 1. The van der Waals surface area contributed by atoms with Crippen molar-refractivity contribution >= 4 is 5.97 Å². The van der Waals surface area contributed by atoms with Crippen LogP contribution in [0.3, 0.4) is 0 Å². The van der Waals surface area contributed by atoms with E-state index in [0.29, 0.717) is 0 Å². The Labute approximate surface area is 70.2 Å². The lowest BCUT2D eigenvalue weighted by Gasteiger charge is -2.45. The molecular weight excluding hydrogens is 158 g/mol. The number of rotatable bonds is 0. The number of fused-ring (bicyclic) bond motifs is 1. The van der Waals surface area contributed by atoms with Gasteiger partial charge in [0.15, 0.2) is 5.72 Å². The van der Waals surface area contributed by atoms with Crippen molar-refractivity contribution in [2.75, 3.05) is 0 Å². The van der Waals surface area contributed by atoms with Gasteiger partial charge in [0.2, 0.25) is 0 Å². The molecule has 0 amide bonds. The van der Waals surface area contributed by atoms with E-state index in [0.717, 1.165) is 0 Å². The van der Waals surface area contributed by atoms with Gasteiger partial charge in [-0.05, 0) is 6.92 Å². The Kier molecular flexibility index (Phi) is 1.32. The third-order valence-electron chi connectivity index (χ3n) is 2.92. The smallest absolute Gasteiger partial charge is 0.312 e. The van der Waals surface area contributed by atoms with Crippen LogP contribution in [0.5, 0.6) is 0 Å². The zero-order valence-corrected chi connectivity index (χ0v) is 6.86. The third-order valence-corrected chi connectivity index (χ3v) is 2.92. The van der Waals surface area contributed by atoms with Crippen LogP contribution >= 0.6 is 0 Å². The Morgan fingerprint density at radius 3 is 2.50 bits per heavy atom. The number of carbonyl (C=O) groups excluding carboxylic acids is 1. The molecule has 5 unspecified atom stereocenters. The van der Waals surface area contributed by atoms with E-state index in [1.54, 1.807) is 6.92 Å². The molecule has 0 aromatic rings. The van der Waals surface area contributed by atoms with Gasteiger partial charge in [0, 0.05) is 18.0 Å². The van der Waals surface area contributed by atoms with Gasteiger partial charge in [0.05, 0.1) is 5.92 Å². The van der Waals surface area contributed by atoms with Crippen LogP contribution in [0.1, 0.15) is 6.92 Å². The Hall–Kier alpha value is -0.650. The lowest BCUT2D eigenvalue weighted by molar-refractivity contribution is -0.149. The fourth-order valence-corrected chi connectivity index (χ4v) is 2.21. The minimum Gasteiger partial charge on any atom is -0.444 e. The Balaban J connectivity index is 2.28. The van der Waals surface area contributed by atoms with Crippen molar-refractivity contribution in [1.82, 2.24) is 0 Å².